The molecule has 0 saturated carbocycles. The summed E-state index contributed by atoms with van der Waals surface area (Å²) in [6, 6.07) is 14.5. The largest absolute Gasteiger partial charge is 0.461 e. The minimum atomic E-state index is -0.376. The number of carbonyl (C=O) groups excluding carboxylic acids is 2. The second kappa shape index (κ2) is 10.9. The van der Waals surface area contributed by atoms with Crippen molar-refractivity contribution < 1.29 is 19.1 Å². The molecule has 2 rings (SSSR count). The van der Waals surface area contributed by atoms with E-state index < -0.39 is 0 Å². The highest BCUT2D eigenvalue weighted by Crippen LogP contribution is 2.23. The Kier molecular flexibility index (Phi) is 8.52. The summed E-state index contributed by atoms with van der Waals surface area (Å²) in [5.74, 6) is 0.381. The van der Waals surface area contributed by atoms with E-state index in [1.807, 2.05) is 31.2 Å². The first-order chi connectivity index (χ1) is 13.4. The van der Waals surface area contributed by atoms with Crippen LogP contribution in [-0.4, -0.2) is 23.9 Å². The van der Waals surface area contributed by atoms with Crippen LogP contribution in [-0.2, 0) is 9.53 Å². The number of hydrogen-bond acceptors (Lipinski definition) is 4. The molecule has 1 unspecified atom stereocenters. The van der Waals surface area contributed by atoms with Gasteiger partial charge in [0.1, 0.15) is 12.4 Å². The van der Waals surface area contributed by atoms with Gasteiger partial charge in [-0.05, 0) is 54.2 Å². The fourth-order valence-corrected chi connectivity index (χ4v) is 3.15. The van der Waals surface area contributed by atoms with Gasteiger partial charge in [-0.2, -0.15) is 0 Å². The van der Waals surface area contributed by atoms with E-state index in [1.54, 1.807) is 24.3 Å². The molecule has 0 radical (unpaired) electrons. The number of alkyl halides is 1. The van der Waals surface area contributed by atoms with Crippen molar-refractivity contribution in [1.82, 2.24) is 0 Å². The smallest absolute Gasteiger partial charge is 0.338 e. The molecular formula is C23H27ClO4. The van der Waals surface area contributed by atoms with Gasteiger partial charge in [-0.1, -0.05) is 45.0 Å². The van der Waals surface area contributed by atoms with Crippen LogP contribution < -0.4 is 4.74 Å². The molecule has 0 amide bonds. The van der Waals surface area contributed by atoms with Crippen LogP contribution in [0, 0.1) is 5.92 Å². The van der Waals surface area contributed by atoms with Crippen molar-refractivity contribution in [3.05, 3.63) is 54.1 Å². The summed E-state index contributed by atoms with van der Waals surface area (Å²) >= 11 is 6.17. The van der Waals surface area contributed by atoms with Crippen LogP contribution in [0.1, 0.15) is 50.4 Å². The van der Waals surface area contributed by atoms with Crippen LogP contribution in [0.25, 0.3) is 11.1 Å². The van der Waals surface area contributed by atoms with E-state index in [1.165, 1.54) is 0 Å². The van der Waals surface area contributed by atoms with E-state index in [-0.39, 0.29) is 23.9 Å². The number of ether oxygens (including phenoxy) is 2. The number of benzene rings is 2. The lowest BCUT2D eigenvalue weighted by Crippen LogP contribution is -2.16. The Morgan fingerprint density at radius 2 is 1.54 bits per heavy atom. The van der Waals surface area contributed by atoms with E-state index in [0.29, 0.717) is 23.7 Å². The molecule has 1 atom stereocenters. The van der Waals surface area contributed by atoms with Crippen molar-refractivity contribution in [3.63, 3.8) is 0 Å². The van der Waals surface area contributed by atoms with E-state index in [4.69, 9.17) is 21.1 Å². The minimum Gasteiger partial charge on any atom is -0.461 e. The van der Waals surface area contributed by atoms with Gasteiger partial charge in [0.15, 0.2) is 0 Å². The predicted molar refractivity (Wildman–Crippen MR) is 112 cm³/mol. The molecule has 2 aromatic rings. The molecule has 4 nitrogen and oxygen atoms in total. The van der Waals surface area contributed by atoms with Crippen molar-refractivity contribution in [3.8, 4) is 16.9 Å². The highest BCUT2D eigenvalue weighted by molar-refractivity contribution is 6.20. The normalized spacial score (nSPS) is 11.9. The summed E-state index contributed by atoms with van der Waals surface area (Å²) in [5.41, 5.74) is 2.41. The third-order valence-corrected chi connectivity index (χ3v) is 4.42. The molecular weight excluding hydrogens is 376 g/mol. The molecule has 0 aliphatic rings. The topological polar surface area (TPSA) is 52.6 Å². The Balaban J connectivity index is 1.94. The maximum atomic E-state index is 12.2. The van der Waals surface area contributed by atoms with Gasteiger partial charge in [-0.25, -0.2) is 4.79 Å². The Hall–Kier alpha value is -2.33. The molecule has 2 aromatic carbocycles. The van der Waals surface area contributed by atoms with Gasteiger partial charge in [-0.15, -0.1) is 11.6 Å². The van der Waals surface area contributed by atoms with Crippen LogP contribution in [0.5, 0.6) is 5.75 Å². The molecule has 0 heterocycles. The van der Waals surface area contributed by atoms with Crippen LogP contribution in [0.4, 0.5) is 0 Å². The predicted octanol–water partition coefficient (Wildman–Crippen LogP) is 5.87. The molecule has 0 aliphatic carbocycles. The standard InChI is InChI=1S/C23H27ClO4/c1-4-5-22(25)28-21-12-10-18(11-13-21)17-6-8-19(9-7-17)23(26)27-15-20(24)14-16(2)3/h6-13,16,20H,4-5,14-15H2,1-3H3. The Morgan fingerprint density at radius 3 is 2.07 bits per heavy atom. The van der Waals surface area contributed by atoms with Crippen LogP contribution in [0.3, 0.4) is 0 Å². The third kappa shape index (κ3) is 7.01. The lowest BCUT2D eigenvalue weighted by molar-refractivity contribution is -0.134. The van der Waals surface area contributed by atoms with Crippen molar-refractivity contribution in [2.24, 2.45) is 5.92 Å². The minimum absolute atomic E-state index is 0.173. The molecule has 0 bridgehead atoms. The van der Waals surface area contributed by atoms with Crippen LogP contribution >= 0.6 is 11.6 Å². The molecule has 0 spiro atoms. The molecule has 0 aliphatic heterocycles. The average Bonchev–Trinajstić information content (AvgIpc) is 2.66. The summed E-state index contributed by atoms with van der Waals surface area (Å²) in [7, 11) is 0. The van der Waals surface area contributed by atoms with E-state index in [0.717, 1.165) is 24.0 Å². The third-order valence-electron chi connectivity index (χ3n) is 4.12. The van der Waals surface area contributed by atoms with Crippen molar-refractivity contribution in [1.29, 1.82) is 0 Å². The summed E-state index contributed by atoms with van der Waals surface area (Å²) in [6.07, 6.45) is 1.97. The Bertz CT molecular complexity index is 766. The second-order valence-electron chi connectivity index (χ2n) is 7.15. The SMILES string of the molecule is CCCC(=O)Oc1ccc(-c2ccc(C(=O)OCC(Cl)CC(C)C)cc2)cc1. The number of rotatable bonds is 9. The van der Waals surface area contributed by atoms with Crippen molar-refractivity contribution in [2.75, 3.05) is 6.61 Å². The van der Waals surface area contributed by atoms with Gasteiger partial charge >= 0.3 is 11.9 Å². The number of hydrogen-bond donors (Lipinski definition) is 0. The zero-order chi connectivity index (χ0) is 20.5. The molecule has 28 heavy (non-hydrogen) atoms. The number of esters is 2. The fourth-order valence-electron chi connectivity index (χ4n) is 2.73. The lowest BCUT2D eigenvalue weighted by Gasteiger charge is -2.12. The van der Waals surface area contributed by atoms with Gasteiger partial charge in [0.25, 0.3) is 0 Å². The second-order valence-corrected chi connectivity index (χ2v) is 7.77. The van der Waals surface area contributed by atoms with Crippen LogP contribution in [0.2, 0.25) is 0 Å². The summed E-state index contributed by atoms with van der Waals surface area (Å²) in [4.78, 5) is 23.7. The highest BCUT2D eigenvalue weighted by Gasteiger charge is 2.13. The monoisotopic (exact) mass is 402 g/mol. The van der Waals surface area contributed by atoms with Gasteiger partial charge < -0.3 is 9.47 Å². The van der Waals surface area contributed by atoms with Crippen molar-refractivity contribution in [2.45, 2.75) is 45.4 Å². The van der Waals surface area contributed by atoms with Crippen LogP contribution in [0.15, 0.2) is 48.5 Å². The van der Waals surface area contributed by atoms with E-state index >= 15 is 0 Å². The maximum absolute atomic E-state index is 12.2. The molecule has 0 saturated heterocycles. The van der Waals surface area contributed by atoms with E-state index in [9.17, 15) is 9.59 Å². The first-order valence-electron chi connectivity index (χ1n) is 9.61. The highest BCUT2D eigenvalue weighted by atomic mass is 35.5. The molecule has 0 aromatic heterocycles. The summed E-state index contributed by atoms with van der Waals surface area (Å²) in [5, 5.41) is -0.173. The zero-order valence-corrected chi connectivity index (χ0v) is 17.4. The quantitative estimate of drug-likeness (QED) is 0.299. The first-order valence-corrected chi connectivity index (χ1v) is 10.0. The average molecular weight is 403 g/mol. The Morgan fingerprint density at radius 1 is 0.964 bits per heavy atom. The fraction of sp³-hybridized carbons (Fsp3) is 0.391. The summed E-state index contributed by atoms with van der Waals surface area (Å²) < 4.78 is 10.5. The molecule has 5 heteroatoms. The lowest BCUT2D eigenvalue weighted by atomic mass is 10.0. The maximum Gasteiger partial charge on any atom is 0.338 e. The molecule has 0 fully saturated rings. The van der Waals surface area contributed by atoms with E-state index in [2.05, 4.69) is 13.8 Å². The number of halogens is 1. The first kappa shape index (κ1) is 22.0. The Labute approximate surface area is 171 Å². The van der Waals surface area contributed by atoms with Gasteiger partial charge in [0, 0.05) is 6.42 Å². The van der Waals surface area contributed by atoms with Gasteiger partial charge in [-0.3, -0.25) is 4.79 Å². The zero-order valence-electron chi connectivity index (χ0n) is 16.6. The number of carbonyl (C=O) groups is 2. The van der Waals surface area contributed by atoms with Crippen molar-refractivity contribution >= 4 is 23.5 Å². The molecule has 0 N–H and O–H groups in total. The van der Waals surface area contributed by atoms with Gasteiger partial charge in [0.05, 0.1) is 10.9 Å². The molecule has 150 valence electrons. The van der Waals surface area contributed by atoms with Gasteiger partial charge in [0.2, 0.25) is 0 Å². The summed E-state index contributed by atoms with van der Waals surface area (Å²) in [6.45, 7) is 6.30.